The average Bonchev–Trinajstić information content (AvgIpc) is 3.29. The summed E-state index contributed by atoms with van der Waals surface area (Å²) in [5, 5.41) is 8.59. The van der Waals surface area contributed by atoms with Crippen molar-refractivity contribution in [1.29, 1.82) is 0 Å². The van der Waals surface area contributed by atoms with Crippen LogP contribution in [0, 0.1) is 12.7 Å². The van der Waals surface area contributed by atoms with Crippen molar-refractivity contribution in [1.82, 2.24) is 9.78 Å². The van der Waals surface area contributed by atoms with Crippen molar-refractivity contribution in [3.05, 3.63) is 101 Å². The Balaban J connectivity index is 1.55. The number of carbonyl (C=O) groups excluding carboxylic acids is 1. The maximum atomic E-state index is 15.2. The Morgan fingerprint density at radius 2 is 1.56 bits per heavy atom. The second-order valence-electron chi connectivity index (χ2n) is 9.58. The highest BCUT2D eigenvalue weighted by molar-refractivity contribution is 7.91. The molecule has 4 aromatic carbocycles. The molecule has 0 atom stereocenters. The predicted molar refractivity (Wildman–Crippen MR) is 157 cm³/mol. The summed E-state index contributed by atoms with van der Waals surface area (Å²) in [4.78, 5) is 13.4. The maximum absolute atomic E-state index is 15.2. The first-order valence-electron chi connectivity index (χ1n) is 12.1. The molecule has 8 nitrogen and oxygen atoms in total. The normalized spacial score (nSPS) is 12.0. The Morgan fingerprint density at radius 3 is 2.24 bits per heavy atom. The van der Waals surface area contributed by atoms with Gasteiger partial charge in [-0.25, -0.2) is 25.9 Å². The molecule has 0 spiro atoms. The Morgan fingerprint density at radius 1 is 0.854 bits per heavy atom. The minimum Gasteiger partial charge on any atom is -0.318 e. The zero-order chi connectivity index (χ0) is 29.7. The number of hydrogen-bond donors (Lipinski definition) is 1. The number of rotatable bonds is 6. The molecule has 0 radical (unpaired) electrons. The molecule has 0 bridgehead atoms. The number of anilines is 1. The molecule has 1 aromatic heterocycles. The van der Waals surface area contributed by atoms with E-state index in [-0.39, 0.29) is 26.9 Å². The fourth-order valence-corrected chi connectivity index (χ4v) is 6.50. The van der Waals surface area contributed by atoms with E-state index in [2.05, 4.69) is 10.4 Å². The molecule has 5 rings (SSSR count). The lowest BCUT2D eigenvalue weighted by molar-refractivity contribution is 0.101. The second-order valence-corrected chi connectivity index (χ2v) is 14.0. The lowest BCUT2D eigenvalue weighted by atomic mass is 10.0. The first-order valence-corrected chi connectivity index (χ1v) is 16.3. The Kier molecular flexibility index (Phi) is 7.22. The predicted octanol–water partition coefficient (Wildman–Crippen LogP) is 5.85. The van der Waals surface area contributed by atoms with E-state index in [9.17, 15) is 21.6 Å². The fourth-order valence-electron chi connectivity index (χ4n) is 4.54. The molecule has 0 unspecified atom stereocenters. The molecule has 1 N–H and O–H groups in total. The highest BCUT2D eigenvalue weighted by Crippen LogP contribution is 2.32. The molecule has 41 heavy (non-hydrogen) atoms. The summed E-state index contributed by atoms with van der Waals surface area (Å²) in [5.74, 6) is -1.52. The van der Waals surface area contributed by atoms with Crippen molar-refractivity contribution in [2.45, 2.75) is 16.7 Å². The number of halogens is 2. The standard InChI is InChI=1S/C29H23ClFN3O5S2/c1-17-12-26(34(33-17)25-15-18-8-10-21(30)13-20(18)16-28(25)41(3,38)39)29(35)32-24-11-9-19(14-23(24)31)22-6-4-5-7-27(22)40(2,36)37/h4-16H,1-3H3,(H,32,35). The number of aromatic nitrogens is 2. The van der Waals surface area contributed by atoms with Gasteiger partial charge >= 0.3 is 0 Å². The summed E-state index contributed by atoms with van der Waals surface area (Å²) in [6.45, 7) is 1.64. The minimum absolute atomic E-state index is 0.0217. The summed E-state index contributed by atoms with van der Waals surface area (Å²) in [6, 6.07) is 19.8. The molecule has 0 saturated heterocycles. The van der Waals surface area contributed by atoms with Crippen LogP contribution in [0.5, 0.6) is 0 Å². The van der Waals surface area contributed by atoms with Crippen LogP contribution in [0.25, 0.3) is 27.6 Å². The molecule has 210 valence electrons. The third kappa shape index (κ3) is 5.74. The van der Waals surface area contributed by atoms with Gasteiger partial charge in [0.15, 0.2) is 19.7 Å². The molecule has 0 saturated carbocycles. The van der Waals surface area contributed by atoms with Gasteiger partial charge in [-0.1, -0.05) is 41.9 Å². The zero-order valence-electron chi connectivity index (χ0n) is 22.0. The van der Waals surface area contributed by atoms with Crippen LogP contribution in [0.4, 0.5) is 10.1 Å². The van der Waals surface area contributed by atoms with Crippen molar-refractivity contribution >= 4 is 53.6 Å². The molecular formula is C29H23ClFN3O5S2. The van der Waals surface area contributed by atoms with Crippen LogP contribution < -0.4 is 5.32 Å². The summed E-state index contributed by atoms with van der Waals surface area (Å²) in [6.07, 6.45) is 2.12. The van der Waals surface area contributed by atoms with E-state index >= 15 is 4.39 Å². The van der Waals surface area contributed by atoms with E-state index in [0.717, 1.165) is 18.6 Å². The third-order valence-corrected chi connectivity index (χ3v) is 8.90. The van der Waals surface area contributed by atoms with Crippen LogP contribution in [0.2, 0.25) is 5.02 Å². The van der Waals surface area contributed by atoms with Crippen LogP contribution >= 0.6 is 11.6 Å². The SMILES string of the molecule is Cc1cc(C(=O)Nc2ccc(-c3ccccc3S(C)(=O)=O)cc2F)n(-c2cc3ccc(Cl)cc3cc2S(C)(=O)=O)n1. The summed E-state index contributed by atoms with van der Waals surface area (Å²) in [7, 11) is -7.34. The van der Waals surface area contributed by atoms with Gasteiger partial charge in [-0.05, 0) is 71.8 Å². The second kappa shape index (κ2) is 10.4. The molecule has 12 heteroatoms. The van der Waals surface area contributed by atoms with E-state index in [1.54, 1.807) is 49.4 Å². The number of fused-ring (bicyclic) bond motifs is 1. The van der Waals surface area contributed by atoms with Gasteiger partial charge in [0.2, 0.25) is 0 Å². The van der Waals surface area contributed by atoms with Gasteiger partial charge in [-0.15, -0.1) is 0 Å². The van der Waals surface area contributed by atoms with Crippen LogP contribution in [-0.2, 0) is 19.7 Å². The van der Waals surface area contributed by atoms with Gasteiger partial charge in [-0.3, -0.25) is 4.79 Å². The molecule has 5 aromatic rings. The van der Waals surface area contributed by atoms with E-state index in [4.69, 9.17) is 11.6 Å². The number of nitrogens with zero attached hydrogens (tertiary/aromatic N) is 2. The maximum Gasteiger partial charge on any atom is 0.274 e. The number of aryl methyl sites for hydroxylation is 1. The van der Waals surface area contributed by atoms with Gasteiger partial charge in [0.1, 0.15) is 11.5 Å². The number of sulfone groups is 2. The highest BCUT2D eigenvalue weighted by Gasteiger charge is 2.23. The molecule has 0 fully saturated rings. The smallest absolute Gasteiger partial charge is 0.274 e. The number of hydrogen-bond acceptors (Lipinski definition) is 6. The lowest BCUT2D eigenvalue weighted by Gasteiger charge is -2.14. The fraction of sp³-hybridized carbons (Fsp3) is 0.103. The quantitative estimate of drug-likeness (QED) is 0.257. The van der Waals surface area contributed by atoms with Crippen LogP contribution in [-0.4, -0.2) is 45.0 Å². The van der Waals surface area contributed by atoms with Crippen LogP contribution in [0.1, 0.15) is 16.2 Å². The Bertz CT molecular complexity index is 2090. The van der Waals surface area contributed by atoms with Crippen molar-refractivity contribution < 1.29 is 26.0 Å². The molecule has 0 aliphatic carbocycles. The van der Waals surface area contributed by atoms with Crippen molar-refractivity contribution in [3.8, 4) is 16.8 Å². The topological polar surface area (TPSA) is 115 Å². The number of benzene rings is 4. The molecule has 0 aliphatic heterocycles. The van der Waals surface area contributed by atoms with Crippen LogP contribution in [0.15, 0.2) is 88.7 Å². The zero-order valence-corrected chi connectivity index (χ0v) is 24.4. The van der Waals surface area contributed by atoms with E-state index < -0.39 is 31.4 Å². The third-order valence-electron chi connectivity index (χ3n) is 6.39. The first-order chi connectivity index (χ1) is 19.2. The van der Waals surface area contributed by atoms with Gasteiger partial charge in [-0.2, -0.15) is 5.10 Å². The summed E-state index contributed by atoms with van der Waals surface area (Å²) >= 11 is 6.10. The monoisotopic (exact) mass is 611 g/mol. The number of amides is 1. The number of nitrogens with one attached hydrogen (secondary N) is 1. The lowest BCUT2D eigenvalue weighted by Crippen LogP contribution is -2.19. The van der Waals surface area contributed by atoms with Gasteiger partial charge in [0.05, 0.1) is 26.9 Å². The highest BCUT2D eigenvalue weighted by atomic mass is 35.5. The van der Waals surface area contributed by atoms with Gasteiger partial charge in [0.25, 0.3) is 5.91 Å². The van der Waals surface area contributed by atoms with Crippen molar-refractivity contribution in [3.63, 3.8) is 0 Å². The average molecular weight is 612 g/mol. The largest absolute Gasteiger partial charge is 0.318 e. The molecule has 1 heterocycles. The molecule has 1 amide bonds. The molecular weight excluding hydrogens is 589 g/mol. The van der Waals surface area contributed by atoms with Gasteiger partial charge < -0.3 is 5.32 Å². The Labute approximate surface area is 241 Å². The summed E-state index contributed by atoms with van der Waals surface area (Å²) < 4.78 is 66.3. The van der Waals surface area contributed by atoms with E-state index in [0.29, 0.717) is 32.6 Å². The Hall–Kier alpha value is -4.06. The summed E-state index contributed by atoms with van der Waals surface area (Å²) in [5.41, 5.74) is 1.04. The van der Waals surface area contributed by atoms with E-state index in [1.165, 1.54) is 35.0 Å². The van der Waals surface area contributed by atoms with Crippen molar-refractivity contribution in [2.75, 3.05) is 17.8 Å². The van der Waals surface area contributed by atoms with Crippen LogP contribution in [0.3, 0.4) is 0 Å². The minimum atomic E-state index is -3.77. The first kappa shape index (κ1) is 28.5. The van der Waals surface area contributed by atoms with Crippen molar-refractivity contribution in [2.24, 2.45) is 0 Å². The van der Waals surface area contributed by atoms with E-state index in [1.807, 2.05) is 0 Å². The van der Waals surface area contributed by atoms with Gasteiger partial charge in [0, 0.05) is 23.1 Å². The number of carbonyl (C=O) groups is 1. The molecule has 0 aliphatic rings.